The first-order chi connectivity index (χ1) is 37.2. The summed E-state index contributed by atoms with van der Waals surface area (Å²) in [5.74, 6) is -1.65. The summed E-state index contributed by atoms with van der Waals surface area (Å²) >= 11 is 0. The van der Waals surface area contributed by atoms with Gasteiger partial charge in [-0.05, 0) is 83.5 Å². The molecule has 5 unspecified atom stereocenters. The summed E-state index contributed by atoms with van der Waals surface area (Å²) in [5, 5.41) is 20.4. The Morgan fingerprint density at radius 3 is 1.19 bits per heavy atom. The van der Waals surface area contributed by atoms with Crippen molar-refractivity contribution in [2.45, 2.75) is 232 Å². The maximum atomic E-state index is 12.8. The van der Waals surface area contributed by atoms with Crippen LogP contribution in [0.4, 0.5) is 0 Å². The fraction of sp³-hybridized carbons (Fsp3) is 0.712. The van der Waals surface area contributed by atoms with Gasteiger partial charge in [0.2, 0.25) is 0 Å². The predicted octanol–water partition coefficient (Wildman–Crippen LogP) is 14.6. The maximum absolute atomic E-state index is 12.8. The van der Waals surface area contributed by atoms with Crippen molar-refractivity contribution in [3.8, 4) is 0 Å². The summed E-state index contributed by atoms with van der Waals surface area (Å²) in [6.45, 7) is 2.36. The van der Waals surface area contributed by atoms with Crippen LogP contribution in [-0.4, -0.2) is 95.9 Å². The molecule has 0 heterocycles. The minimum Gasteiger partial charge on any atom is -0.463 e. The Labute approximate surface area is 464 Å². The standard InChI is InChI=1S/C59H102O16P2/c1-4-7-10-13-16-19-22-24-25-26-27-29-32-33-36-39-42-45-57(62)69-48-54(60)49-71-76(65,66)72-50-55(61)51-73-77(67,68)74-53-56(75-59(64)47-44-41-38-35-30-21-18-15-12-9-6-3)52-70-58(63)46-43-40-37-34-31-28-23-20-17-14-11-8-5-2/h7,10-11,14,16,19-20,23-25,27,29,33,36,54-56,60-61H,4-6,8-9,12-13,15,17-18,21-22,26,28,30-32,34-35,37-53H2,1-3H3,(H,65,66)(H,67,68)/b10-7-,14-11-,19-16-,23-20-,25-24-,29-27-,36-33-. The van der Waals surface area contributed by atoms with Crippen LogP contribution in [0.3, 0.4) is 0 Å². The molecule has 4 N–H and O–H groups in total. The second-order valence-corrected chi connectivity index (χ2v) is 22.0. The summed E-state index contributed by atoms with van der Waals surface area (Å²) in [7, 11) is -9.77. The number of unbranched alkanes of at least 4 members (excludes halogenated alkanes) is 17. The van der Waals surface area contributed by atoms with Crippen LogP contribution in [0.15, 0.2) is 85.1 Å². The van der Waals surface area contributed by atoms with Gasteiger partial charge in [0.15, 0.2) is 6.10 Å². The molecule has 0 fully saturated rings. The molecule has 77 heavy (non-hydrogen) atoms. The van der Waals surface area contributed by atoms with E-state index >= 15 is 0 Å². The smallest absolute Gasteiger partial charge is 0.463 e. The van der Waals surface area contributed by atoms with E-state index in [1.54, 1.807) is 0 Å². The average molecular weight is 1130 g/mol. The third kappa shape index (κ3) is 54.5. The quantitative estimate of drug-likeness (QED) is 0.0146. The zero-order chi connectivity index (χ0) is 56.8. The van der Waals surface area contributed by atoms with Crippen molar-refractivity contribution >= 4 is 33.6 Å². The first-order valence-corrected chi connectivity index (χ1v) is 31.9. The summed E-state index contributed by atoms with van der Waals surface area (Å²) in [4.78, 5) is 57.9. The highest BCUT2D eigenvalue weighted by Crippen LogP contribution is 2.45. The Morgan fingerprint density at radius 1 is 0.377 bits per heavy atom. The average Bonchev–Trinajstić information content (AvgIpc) is 3.40. The summed E-state index contributed by atoms with van der Waals surface area (Å²) in [6.07, 6.45) is 52.5. The molecule has 0 aliphatic heterocycles. The van der Waals surface area contributed by atoms with Gasteiger partial charge in [0.1, 0.15) is 25.4 Å². The lowest BCUT2D eigenvalue weighted by Crippen LogP contribution is -2.30. The van der Waals surface area contributed by atoms with Gasteiger partial charge < -0.3 is 34.2 Å². The van der Waals surface area contributed by atoms with Crippen LogP contribution in [0.5, 0.6) is 0 Å². The Kier molecular flexibility index (Phi) is 51.1. The van der Waals surface area contributed by atoms with E-state index in [1.165, 1.54) is 38.5 Å². The van der Waals surface area contributed by atoms with Gasteiger partial charge in [-0.1, -0.05) is 196 Å². The molecule has 0 radical (unpaired) electrons. The molecule has 0 aromatic heterocycles. The molecule has 5 atom stereocenters. The van der Waals surface area contributed by atoms with Crippen LogP contribution in [0.2, 0.25) is 0 Å². The number of ether oxygens (including phenoxy) is 3. The van der Waals surface area contributed by atoms with Crippen LogP contribution in [0, 0.1) is 0 Å². The summed E-state index contributed by atoms with van der Waals surface area (Å²) < 4.78 is 60.4. The minimum absolute atomic E-state index is 0.102. The van der Waals surface area contributed by atoms with Gasteiger partial charge >= 0.3 is 33.6 Å². The number of rotatable bonds is 54. The Bertz CT molecular complexity index is 1760. The molecule has 0 rings (SSSR count). The first-order valence-electron chi connectivity index (χ1n) is 28.9. The van der Waals surface area contributed by atoms with Gasteiger partial charge in [-0.3, -0.25) is 32.5 Å². The highest BCUT2D eigenvalue weighted by atomic mass is 31.2. The third-order valence-corrected chi connectivity index (χ3v) is 13.5. The van der Waals surface area contributed by atoms with E-state index in [0.717, 1.165) is 109 Å². The molecule has 16 nitrogen and oxygen atoms in total. The largest absolute Gasteiger partial charge is 0.472 e. The van der Waals surface area contributed by atoms with Gasteiger partial charge in [-0.2, -0.15) is 0 Å². The highest BCUT2D eigenvalue weighted by Gasteiger charge is 2.29. The molecule has 0 amide bonds. The SMILES string of the molecule is CC/C=C\C/C=C\C/C=C\C/C=C\C/C=C\CCCC(=O)OCC(O)COP(=O)(O)OCC(O)COP(=O)(O)OCC(COC(=O)CCCCCCC/C=C\C/C=C\CCC)OC(=O)CCCCCCCCCCCCC. The van der Waals surface area contributed by atoms with Crippen molar-refractivity contribution < 1.29 is 75.8 Å². The van der Waals surface area contributed by atoms with Crippen molar-refractivity contribution in [3.63, 3.8) is 0 Å². The van der Waals surface area contributed by atoms with E-state index in [0.29, 0.717) is 25.7 Å². The normalized spacial score (nSPS) is 15.2. The van der Waals surface area contributed by atoms with Crippen molar-refractivity contribution in [3.05, 3.63) is 85.1 Å². The van der Waals surface area contributed by atoms with E-state index < -0.39 is 91.5 Å². The van der Waals surface area contributed by atoms with E-state index in [1.807, 2.05) is 12.2 Å². The van der Waals surface area contributed by atoms with Gasteiger partial charge in [-0.25, -0.2) is 9.13 Å². The number of phosphoric ester groups is 2. The van der Waals surface area contributed by atoms with Crippen molar-refractivity contribution in [2.75, 3.05) is 39.6 Å². The molecule has 0 aliphatic carbocycles. The molecule has 0 bridgehead atoms. The molecule has 18 heteroatoms. The second-order valence-electron chi connectivity index (χ2n) is 19.1. The monoisotopic (exact) mass is 1130 g/mol. The van der Waals surface area contributed by atoms with E-state index in [9.17, 15) is 43.5 Å². The number of aliphatic hydroxyl groups excluding tert-OH is 2. The molecular formula is C59H102O16P2. The molecule has 0 spiro atoms. The maximum Gasteiger partial charge on any atom is 0.472 e. The molecule has 0 aromatic rings. The predicted molar refractivity (Wildman–Crippen MR) is 307 cm³/mol. The molecular weight excluding hydrogens is 1030 g/mol. The van der Waals surface area contributed by atoms with Crippen molar-refractivity contribution in [1.82, 2.24) is 0 Å². The molecule has 0 saturated heterocycles. The van der Waals surface area contributed by atoms with E-state index in [-0.39, 0.29) is 19.3 Å². The van der Waals surface area contributed by atoms with E-state index in [4.69, 9.17) is 32.3 Å². The van der Waals surface area contributed by atoms with Crippen LogP contribution in [0.25, 0.3) is 0 Å². The fourth-order valence-corrected chi connectivity index (χ4v) is 8.76. The number of aliphatic hydroxyl groups is 2. The lowest BCUT2D eigenvalue weighted by atomic mass is 10.1. The topological polar surface area (TPSA) is 231 Å². The van der Waals surface area contributed by atoms with Crippen molar-refractivity contribution in [2.24, 2.45) is 0 Å². The third-order valence-electron chi connectivity index (χ3n) is 11.6. The van der Waals surface area contributed by atoms with Gasteiger partial charge in [0.05, 0.1) is 26.4 Å². The number of hydrogen-bond acceptors (Lipinski definition) is 14. The van der Waals surface area contributed by atoms with Crippen LogP contribution in [-0.2, 0) is 55.8 Å². The number of carbonyl (C=O) groups is 3. The van der Waals surface area contributed by atoms with Gasteiger partial charge in [0.25, 0.3) is 0 Å². The number of phosphoric acid groups is 2. The number of allylic oxidation sites excluding steroid dienone is 14. The van der Waals surface area contributed by atoms with Gasteiger partial charge in [-0.15, -0.1) is 0 Å². The summed E-state index contributed by atoms with van der Waals surface area (Å²) in [5.41, 5.74) is 0. The zero-order valence-corrected chi connectivity index (χ0v) is 49.1. The number of carbonyl (C=O) groups excluding carboxylic acids is 3. The second kappa shape index (κ2) is 53.4. The number of hydrogen-bond donors (Lipinski definition) is 4. The van der Waals surface area contributed by atoms with Crippen LogP contribution < -0.4 is 0 Å². The molecule has 0 saturated carbocycles. The molecule has 444 valence electrons. The fourth-order valence-electron chi connectivity index (χ4n) is 7.17. The lowest BCUT2D eigenvalue weighted by Gasteiger charge is -2.21. The van der Waals surface area contributed by atoms with E-state index in [2.05, 4.69) is 93.7 Å². The Morgan fingerprint density at radius 2 is 0.727 bits per heavy atom. The number of esters is 3. The molecule has 0 aromatic carbocycles. The Hall–Kier alpha value is -3.27. The van der Waals surface area contributed by atoms with Gasteiger partial charge in [0, 0.05) is 19.3 Å². The van der Waals surface area contributed by atoms with Crippen LogP contribution >= 0.6 is 15.6 Å². The molecule has 0 aliphatic rings. The lowest BCUT2D eigenvalue weighted by molar-refractivity contribution is -0.161. The highest BCUT2D eigenvalue weighted by molar-refractivity contribution is 7.47. The first kappa shape index (κ1) is 73.7. The minimum atomic E-state index is -4.92. The zero-order valence-electron chi connectivity index (χ0n) is 47.4. The van der Waals surface area contributed by atoms with Crippen molar-refractivity contribution in [1.29, 1.82) is 0 Å². The van der Waals surface area contributed by atoms with Crippen LogP contribution in [0.1, 0.15) is 213 Å². The Balaban J connectivity index is 4.69. The summed E-state index contributed by atoms with van der Waals surface area (Å²) in [6, 6.07) is 0.